The Hall–Kier alpha value is -3.17. The molecule has 0 aliphatic rings. The standard InChI is InChI=1S/C24H30N6O2S/c1-2-3-13-21-29-22-23(19-11-4-5-12-20(19)28-24(22)26)30(21)15-7-6-14-27-33(31,32)18-10-8-9-17(25)16-18/h4-5,8-12,16,27H,2-3,6-7,13-15,25H2,1H3,(H2,26,28). The molecule has 9 heteroatoms. The van der Waals surface area contributed by atoms with Gasteiger partial charge in [-0.15, -0.1) is 0 Å². The van der Waals surface area contributed by atoms with Crippen LogP contribution in [0.25, 0.3) is 21.9 Å². The second-order valence-corrected chi connectivity index (χ2v) is 9.94. The molecule has 2 aromatic heterocycles. The van der Waals surface area contributed by atoms with Crippen LogP contribution in [0.4, 0.5) is 11.5 Å². The van der Waals surface area contributed by atoms with Gasteiger partial charge in [0, 0.05) is 30.6 Å². The van der Waals surface area contributed by atoms with Gasteiger partial charge in [0.25, 0.3) is 0 Å². The molecular formula is C24H30N6O2S. The highest BCUT2D eigenvalue weighted by molar-refractivity contribution is 7.89. The van der Waals surface area contributed by atoms with Crippen LogP contribution in [0.5, 0.6) is 0 Å². The summed E-state index contributed by atoms with van der Waals surface area (Å²) in [6.07, 6.45) is 4.45. The van der Waals surface area contributed by atoms with Gasteiger partial charge in [-0.3, -0.25) is 0 Å². The largest absolute Gasteiger partial charge is 0.399 e. The first kappa shape index (κ1) is 23.0. The average Bonchev–Trinajstić information content (AvgIpc) is 3.17. The first-order chi connectivity index (χ1) is 15.9. The molecular weight excluding hydrogens is 436 g/mol. The van der Waals surface area contributed by atoms with E-state index in [1.165, 1.54) is 6.07 Å². The van der Waals surface area contributed by atoms with E-state index in [0.717, 1.165) is 60.0 Å². The third-order valence-electron chi connectivity index (χ3n) is 5.71. The van der Waals surface area contributed by atoms with E-state index in [9.17, 15) is 8.42 Å². The molecule has 0 radical (unpaired) electrons. The fourth-order valence-corrected chi connectivity index (χ4v) is 5.17. The Balaban J connectivity index is 1.52. The molecule has 0 saturated carbocycles. The molecule has 4 aromatic rings. The molecule has 0 aliphatic carbocycles. The number of aryl methyl sites for hydroxylation is 2. The number of hydrogen-bond acceptors (Lipinski definition) is 6. The highest BCUT2D eigenvalue weighted by Crippen LogP contribution is 2.29. The van der Waals surface area contributed by atoms with Gasteiger partial charge in [-0.2, -0.15) is 0 Å². The normalized spacial score (nSPS) is 12.0. The summed E-state index contributed by atoms with van der Waals surface area (Å²) in [5, 5.41) is 1.03. The fraction of sp³-hybridized carbons (Fsp3) is 0.333. The lowest BCUT2D eigenvalue weighted by Gasteiger charge is -2.11. The number of fused-ring (bicyclic) bond motifs is 3. The van der Waals surface area contributed by atoms with Crippen molar-refractivity contribution in [3.63, 3.8) is 0 Å². The van der Waals surface area contributed by atoms with Crippen molar-refractivity contribution in [2.45, 2.75) is 50.5 Å². The number of nitrogens with two attached hydrogens (primary N) is 2. The van der Waals surface area contributed by atoms with Crippen molar-refractivity contribution < 1.29 is 8.42 Å². The minimum atomic E-state index is -3.58. The summed E-state index contributed by atoms with van der Waals surface area (Å²) in [6, 6.07) is 14.3. The predicted octanol–water partition coefficient (Wildman–Crippen LogP) is 3.85. The monoisotopic (exact) mass is 466 g/mol. The van der Waals surface area contributed by atoms with Crippen LogP contribution >= 0.6 is 0 Å². The van der Waals surface area contributed by atoms with Crippen molar-refractivity contribution in [2.75, 3.05) is 18.0 Å². The lowest BCUT2D eigenvalue weighted by molar-refractivity contribution is 0.561. The van der Waals surface area contributed by atoms with Gasteiger partial charge in [0.15, 0.2) is 5.82 Å². The van der Waals surface area contributed by atoms with Crippen molar-refractivity contribution in [3.05, 3.63) is 54.4 Å². The Morgan fingerprint density at radius 3 is 2.61 bits per heavy atom. The summed E-state index contributed by atoms with van der Waals surface area (Å²) in [4.78, 5) is 9.54. The molecule has 0 spiro atoms. The topological polar surface area (TPSA) is 129 Å². The van der Waals surface area contributed by atoms with Crippen molar-refractivity contribution in [2.24, 2.45) is 0 Å². The number of pyridine rings is 1. The summed E-state index contributed by atoms with van der Waals surface area (Å²) < 4.78 is 29.9. The van der Waals surface area contributed by atoms with Crippen LogP contribution in [0.1, 0.15) is 38.4 Å². The molecule has 5 N–H and O–H groups in total. The minimum Gasteiger partial charge on any atom is -0.399 e. The maximum absolute atomic E-state index is 12.5. The van der Waals surface area contributed by atoms with Crippen LogP contribution in [0.3, 0.4) is 0 Å². The molecule has 0 fully saturated rings. The molecule has 0 unspecified atom stereocenters. The van der Waals surface area contributed by atoms with Crippen LogP contribution in [0.2, 0.25) is 0 Å². The number of imidazole rings is 1. The van der Waals surface area contributed by atoms with Gasteiger partial charge in [0.2, 0.25) is 10.0 Å². The van der Waals surface area contributed by atoms with Crippen molar-refractivity contribution in [1.82, 2.24) is 19.3 Å². The molecule has 33 heavy (non-hydrogen) atoms. The number of rotatable bonds is 10. The SMILES string of the molecule is CCCCc1nc2c(N)nc3ccccc3c2n1CCCCNS(=O)(=O)c1cccc(N)c1. The van der Waals surface area contributed by atoms with E-state index in [1.54, 1.807) is 18.2 Å². The number of aromatic nitrogens is 3. The summed E-state index contributed by atoms with van der Waals surface area (Å²) in [5.41, 5.74) is 15.0. The zero-order valence-electron chi connectivity index (χ0n) is 18.8. The maximum atomic E-state index is 12.5. The highest BCUT2D eigenvalue weighted by Gasteiger charge is 2.17. The molecule has 2 heterocycles. The van der Waals surface area contributed by atoms with E-state index in [1.807, 2.05) is 24.3 Å². The third kappa shape index (κ3) is 4.94. The van der Waals surface area contributed by atoms with Crippen LogP contribution in [0.15, 0.2) is 53.4 Å². The number of nitrogens with zero attached hydrogens (tertiary/aromatic N) is 3. The van der Waals surface area contributed by atoms with Gasteiger partial charge in [0.05, 0.1) is 15.9 Å². The van der Waals surface area contributed by atoms with Crippen LogP contribution < -0.4 is 16.2 Å². The van der Waals surface area contributed by atoms with Gasteiger partial charge in [-0.05, 0) is 43.5 Å². The van der Waals surface area contributed by atoms with Crippen molar-refractivity contribution in [1.29, 1.82) is 0 Å². The molecule has 0 aliphatic heterocycles. The maximum Gasteiger partial charge on any atom is 0.240 e. The first-order valence-electron chi connectivity index (χ1n) is 11.3. The minimum absolute atomic E-state index is 0.180. The molecule has 0 amide bonds. The Bertz CT molecular complexity index is 1380. The Morgan fingerprint density at radius 2 is 1.82 bits per heavy atom. The molecule has 4 rings (SSSR count). The number of nitrogen functional groups attached to an aromatic ring is 2. The number of nitrogens with one attached hydrogen (secondary N) is 1. The third-order valence-corrected chi connectivity index (χ3v) is 7.17. The fourth-order valence-electron chi connectivity index (χ4n) is 4.04. The Labute approximate surface area is 194 Å². The first-order valence-corrected chi connectivity index (χ1v) is 12.8. The lowest BCUT2D eigenvalue weighted by Crippen LogP contribution is -2.25. The van der Waals surface area contributed by atoms with Crippen LogP contribution in [0, 0.1) is 0 Å². The molecule has 8 nitrogen and oxygen atoms in total. The van der Waals surface area contributed by atoms with Gasteiger partial charge in [-0.25, -0.2) is 23.1 Å². The van der Waals surface area contributed by atoms with Gasteiger partial charge in [-0.1, -0.05) is 37.6 Å². The number of benzene rings is 2. The number of anilines is 2. The number of sulfonamides is 1. The summed E-state index contributed by atoms with van der Waals surface area (Å²) >= 11 is 0. The Morgan fingerprint density at radius 1 is 1.00 bits per heavy atom. The van der Waals surface area contributed by atoms with E-state index in [2.05, 4.69) is 21.2 Å². The quantitative estimate of drug-likeness (QED) is 0.240. The Kier molecular flexibility index (Phi) is 6.80. The zero-order valence-corrected chi connectivity index (χ0v) is 19.6. The van der Waals surface area contributed by atoms with Crippen LogP contribution in [-0.2, 0) is 23.0 Å². The van der Waals surface area contributed by atoms with Crippen molar-refractivity contribution in [3.8, 4) is 0 Å². The van der Waals surface area contributed by atoms with E-state index in [0.29, 0.717) is 24.5 Å². The van der Waals surface area contributed by atoms with Crippen molar-refractivity contribution >= 4 is 43.5 Å². The second kappa shape index (κ2) is 9.76. The number of hydrogen-bond donors (Lipinski definition) is 3. The molecule has 0 saturated heterocycles. The summed E-state index contributed by atoms with van der Waals surface area (Å²) in [5.74, 6) is 1.44. The van der Waals surface area contributed by atoms with Gasteiger partial charge >= 0.3 is 0 Å². The predicted molar refractivity (Wildman–Crippen MR) is 133 cm³/mol. The van der Waals surface area contributed by atoms with E-state index >= 15 is 0 Å². The van der Waals surface area contributed by atoms with Crippen LogP contribution in [-0.4, -0.2) is 29.5 Å². The van der Waals surface area contributed by atoms with E-state index < -0.39 is 10.0 Å². The molecule has 2 aromatic carbocycles. The molecule has 0 bridgehead atoms. The molecule has 0 atom stereocenters. The zero-order chi connectivity index (χ0) is 23.4. The lowest BCUT2D eigenvalue weighted by atomic mass is 10.2. The average molecular weight is 467 g/mol. The van der Waals surface area contributed by atoms with E-state index in [-0.39, 0.29) is 4.90 Å². The summed E-state index contributed by atoms with van der Waals surface area (Å²) in [7, 11) is -3.58. The highest BCUT2D eigenvalue weighted by atomic mass is 32.2. The second-order valence-electron chi connectivity index (χ2n) is 8.17. The number of unbranched alkanes of at least 4 members (excludes halogenated alkanes) is 2. The van der Waals surface area contributed by atoms with E-state index in [4.69, 9.17) is 16.5 Å². The van der Waals surface area contributed by atoms with Gasteiger partial charge < -0.3 is 16.0 Å². The smallest absolute Gasteiger partial charge is 0.240 e. The molecule has 174 valence electrons. The van der Waals surface area contributed by atoms with Gasteiger partial charge in [0.1, 0.15) is 11.3 Å². The number of para-hydroxylation sites is 1. The summed E-state index contributed by atoms with van der Waals surface area (Å²) in [6.45, 7) is 3.23.